The van der Waals surface area contributed by atoms with E-state index in [-0.39, 0.29) is 0 Å². The second-order valence-corrected chi connectivity index (χ2v) is 19.5. The number of fused-ring (bicyclic) bond motifs is 15. The summed E-state index contributed by atoms with van der Waals surface area (Å²) in [4.78, 5) is 26.3. The van der Waals surface area contributed by atoms with Crippen molar-refractivity contribution in [2.24, 2.45) is 0 Å². The maximum absolute atomic E-state index is 5.39. The molecule has 16 rings (SSSR count). The maximum Gasteiger partial charge on any atom is 0.238 e. The van der Waals surface area contributed by atoms with Crippen molar-refractivity contribution < 1.29 is 0 Å². The number of rotatable bonds is 7. The zero-order valence-corrected chi connectivity index (χ0v) is 41.0. The predicted molar refractivity (Wildman–Crippen MR) is 310 cm³/mol. The van der Waals surface area contributed by atoms with Crippen LogP contribution >= 0.6 is 0 Å². The summed E-state index contributed by atoms with van der Waals surface area (Å²) in [5.74, 6) is 2.37. The minimum absolute atomic E-state index is 0.539. The van der Waals surface area contributed by atoms with Crippen LogP contribution in [0.3, 0.4) is 0 Å². The van der Waals surface area contributed by atoms with Gasteiger partial charge in [0.15, 0.2) is 11.6 Å². The second-order valence-electron chi connectivity index (χ2n) is 19.5. The molecule has 356 valence electrons. The third kappa shape index (κ3) is 6.23. The van der Waals surface area contributed by atoms with Crippen LogP contribution < -0.4 is 0 Å². The largest absolute Gasteiger partial charge is 0.305 e. The van der Waals surface area contributed by atoms with E-state index in [1.807, 2.05) is 48.7 Å². The minimum atomic E-state index is 0.539. The fourth-order valence-corrected chi connectivity index (χ4v) is 12.1. The van der Waals surface area contributed by atoms with Gasteiger partial charge in [-0.2, -0.15) is 9.97 Å². The molecule has 0 unspecified atom stereocenters. The minimum Gasteiger partial charge on any atom is -0.305 e. The van der Waals surface area contributed by atoms with Crippen molar-refractivity contribution in [3.8, 4) is 46.0 Å². The van der Waals surface area contributed by atoms with Crippen LogP contribution in [-0.4, -0.2) is 43.2 Å². The predicted octanol–water partition coefficient (Wildman–Crippen LogP) is 16.1. The molecule has 0 fully saturated rings. The highest BCUT2D eigenvalue weighted by Gasteiger charge is 2.29. The summed E-state index contributed by atoms with van der Waals surface area (Å²) in [7, 11) is 0. The lowest BCUT2D eigenvalue weighted by Crippen LogP contribution is -2.07. The Labute approximate surface area is 435 Å². The maximum atomic E-state index is 5.39. The van der Waals surface area contributed by atoms with E-state index in [2.05, 4.69) is 206 Å². The third-order valence-corrected chi connectivity index (χ3v) is 15.3. The van der Waals surface area contributed by atoms with E-state index < -0.39 is 0 Å². The lowest BCUT2D eigenvalue weighted by molar-refractivity contribution is 0.953. The van der Waals surface area contributed by atoms with Crippen LogP contribution in [0.2, 0.25) is 0 Å². The van der Waals surface area contributed by atoms with Crippen LogP contribution in [0, 0.1) is 0 Å². The molecule has 9 nitrogen and oxygen atoms in total. The molecular weight excluding hydrogens is 931 g/mol. The van der Waals surface area contributed by atoms with E-state index in [0.717, 1.165) is 134 Å². The molecule has 0 amide bonds. The van der Waals surface area contributed by atoms with E-state index in [4.69, 9.17) is 24.9 Å². The molecule has 0 saturated carbocycles. The first-order chi connectivity index (χ1) is 37.7. The second kappa shape index (κ2) is 16.6. The van der Waals surface area contributed by atoms with Crippen molar-refractivity contribution in [1.29, 1.82) is 0 Å². The molecule has 6 heterocycles. The Morgan fingerprint density at radius 2 is 0.724 bits per heavy atom. The van der Waals surface area contributed by atoms with Gasteiger partial charge in [-0.15, -0.1) is 0 Å². The normalized spacial score (nSPS) is 12.9. The van der Waals surface area contributed by atoms with E-state index in [1.165, 1.54) is 0 Å². The Kier molecular flexibility index (Phi) is 9.26. The van der Waals surface area contributed by atoms with Gasteiger partial charge in [0.25, 0.3) is 0 Å². The third-order valence-electron chi connectivity index (χ3n) is 15.3. The summed E-state index contributed by atoms with van der Waals surface area (Å²) in [6, 6.07) is 75.2. The summed E-state index contributed by atoms with van der Waals surface area (Å²) in [5, 5.41) is 8.96. The van der Waals surface area contributed by atoms with Gasteiger partial charge in [-0.3, -0.25) is 9.13 Å². The van der Waals surface area contributed by atoms with Gasteiger partial charge >= 0.3 is 0 Å². The number of benzene rings is 9. The first-order valence-electron chi connectivity index (χ1n) is 25.8. The Hall–Kier alpha value is -10.3. The molecule has 9 heteroatoms. The quantitative estimate of drug-likeness (QED) is 0.159. The average Bonchev–Trinajstić information content (AvgIpc) is 4.38. The van der Waals surface area contributed by atoms with E-state index in [9.17, 15) is 0 Å². The molecule has 9 aromatic carbocycles. The van der Waals surface area contributed by atoms with Crippen molar-refractivity contribution >= 4 is 92.8 Å². The van der Waals surface area contributed by atoms with Crippen LogP contribution in [0.4, 0.5) is 0 Å². The molecule has 1 aliphatic carbocycles. The fourth-order valence-electron chi connectivity index (χ4n) is 12.1. The number of hydrogen-bond donors (Lipinski definition) is 0. The highest BCUT2D eigenvalue weighted by atomic mass is 15.2. The monoisotopic (exact) mass is 973 g/mol. The van der Waals surface area contributed by atoms with Gasteiger partial charge in [0.1, 0.15) is 0 Å². The van der Waals surface area contributed by atoms with Crippen molar-refractivity contribution in [2.45, 2.75) is 12.8 Å². The Morgan fingerprint density at radius 3 is 1.18 bits per heavy atom. The van der Waals surface area contributed by atoms with Crippen molar-refractivity contribution in [1.82, 2.24) is 43.2 Å². The van der Waals surface area contributed by atoms with Gasteiger partial charge in [-0.1, -0.05) is 188 Å². The molecule has 0 N–H and O–H groups in total. The van der Waals surface area contributed by atoms with Crippen LogP contribution in [0.15, 0.2) is 237 Å². The average molecular weight is 974 g/mol. The van der Waals surface area contributed by atoms with Crippen molar-refractivity contribution in [2.75, 3.05) is 0 Å². The Morgan fingerprint density at radius 1 is 0.316 bits per heavy atom. The van der Waals surface area contributed by atoms with Gasteiger partial charge in [-0.25, -0.2) is 15.0 Å². The topological polar surface area (TPSA) is 84.2 Å². The van der Waals surface area contributed by atoms with Gasteiger partial charge in [0.05, 0.1) is 49.8 Å². The smallest absolute Gasteiger partial charge is 0.238 e. The fraction of sp³-hybridized carbons (Fsp3) is 0.0299. The number of aromatic nitrogens is 9. The summed E-state index contributed by atoms with van der Waals surface area (Å²) in [6.07, 6.45) is 10.6. The molecule has 0 aliphatic heterocycles. The van der Waals surface area contributed by atoms with Crippen LogP contribution in [0.25, 0.3) is 139 Å². The zero-order valence-electron chi connectivity index (χ0n) is 41.0. The summed E-state index contributed by atoms with van der Waals surface area (Å²) < 4.78 is 9.54. The van der Waals surface area contributed by atoms with Crippen LogP contribution in [0.1, 0.15) is 18.5 Å². The van der Waals surface area contributed by atoms with Crippen molar-refractivity contribution in [3.05, 3.63) is 242 Å². The van der Waals surface area contributed by atoms with Gasteiger partial charge < -0.3 is 9.13 Å². The first-order valence-corrected chi connectivity index (χ1v) is 25.8. The van der Waals surface area contributed by atoms with Crippen LogP contribution in [-0.2, 0) is 0 Å². The van der Waals surface area contributed by atoms with E-state index in [0.29, 0.717) is 23.5 Å². The molecule has 0 bridgehead atoms. The molecule has 0 saturated heterocycles. The summed E-state index contributed by atoms with van der Waals surface area (Å²) in [6.45, 7) is 0. The van der Waals surface area contributed by atoms with Gasteiger partial charge in [-0.05, 0) is 60.9 Å². The number of allylic oxidation sites excluding steroid dienone is 4. The number of hydrogen-bond acceptors (Lipinski definition) is 5. The Balaban J connectivity index is 1.09. The molecular formula is C67H43N9. The standard InChI is InChI=1S/C67H43N9/c1-6-20-42(21-7-1)55-40-41-68-66(69-55)75-56-32-18-16-30-47(56)49-34-36-53-51-38-39-52-54-37-35-50-48-31-17-19-33-57(48)76(67-71-64(43-22-8-2-9-23-43)70-65(72-67)44-24-10-3-11-25-44)63(50)61(54)74(46-28-14-5-15-29-46)59(52)58(51)73(60(53)62(49)75)45-26-12-4-13-27-45/h2-6,8-41H,1,7H2. The van der Waals surface area contributed by atoms with E-state index >= 15 is 0 Å². The molecule has 0 radical (unpaired) electrons. The molecule has 15 aromatic rings. The molecule has 1 aliphatic rings. The Bertz CT molecular complexity index is 4850. The summed E-state index contributed by atoms with van der Waals surface area (Å²) >= 11 is 0. The number of para-hydroxylation sites is 4. The molecule has 0 spiro atoms. The highest BCUT2D eigenvalue weighted by Crippen LogP contribution is 2.48. The van der Waals surface area contributed by atoms with Crippen LogP contribution in [0.5, 0.6) is 0 Å². The highest BCUT2D eigenvalue weighted by molar-refractivity contribution is 6.31. The molecule has 6 aromatic heterocycles. The van der Waals surface area contributed by atoms with Gasteiger partial charge in [0, 0.05) is 71.8 Å². The van der Waals surface area contributed by atoms with E-state index in [1.54, 1.807) is 0 Å². The first kappa shape index (κ1) is 42.3. The lowest BCUT2D eigenvalue weighted by atomic mass is 10.0. The SMILES string of the molecule is C1=CC(c2ccnc(-n3c4ccccc4c4ccc5c6ccc7c8ccc9c%10ccccc%10n(-c%10nc(-c%11ccccc%11)nc(-c%11ccccc%11)n%10)c9c8n(-c8ccccc8)c7c6n(-c6ccccc6)c5c43)n2)=CCC1. The molecule has 0 atom stereocenters. The molecule has 76 heavy (non-hydrogen) atoms. The van der Waals surface area contributed by atoms with Crippen molar-refractivity contribution in [3.63, 3.8) is 0 Å². The lowest BCUT2D eigenvalue weighted by Gasteiger charge is -2.15. The summed E-state index contributed by atoms with van der Waals surface area (Å²) in [5.41, 5.74) is 14.3. The number of nitrogens with zero attached hydrogens (tertiary/aromatic N) is 9. The van der Waals surface area contributed by atoms with Gasteiger partial charge in [0.2, 0.25) is 11.9 Å². The zero-order chi connectivity index (χ0) is 49.8.